The summed E-state index contributed by atoms with van der Waals surface area (Å²) in [6.07, 6.45) is 6.39. The number of likely N-dealkylation sites (tertiary alicyclic amines) is 1. The normalized spacial score (nSPS) is 15.3. The minimum absolute atomic E-state index is 0.248. The lowest BCUT2D eigenvalue weighted by Gasteiger charge is -2.29. The average molecular weight is 465 g/mol. The van der Waals surface area contributed by atoms with Crippen molar-refractivity contribution in [3.05, 3.63) is 89.6 Å². The summed E-state index contributed by atoms with van der Waals surface area (Å²) in [7, 11) is 2.20. The van der Waals surface area contributed by atoms with Crippen LogP contribution in [0, 0.1) is 19.7 Å². The zero-order chi connectivity index (χ0) is 24.1. The maximum absolute atomic E-state index is 14.3. The third-order valence-corrected chi connectivity index (χ3v) is 7.42. The molecule has 5 aromatic rings. The maximum atomic E-state index is 14.3. The summed E-state index contributed by atoms with van der Waals surface area (Å²) in [5.74, 6) is 0.409. The first-order valence-electron chi connectivity index (χ1n) is 12.3. The number of aromatic nitrogens is 3. The molecule has 35 heavy (non-hydrogen) atoms. The molecule has 1 saturated heterocycles. The van der Waals surface area contributed by atoms with E-state index in [1.54, 1.807) is 6.07 Å². The molecule has 6 rings (SSSR count). The molecule has 0 amide bonds. The Bertz CT molecular complexity index is 1540. The molecule has 0 atom stereocenters. The van der Waals surface area contributed by atoms with Gasteiger partial charge in [-0.1, -0.05) is 24.3 Å². The second kappa shape index (κ2) is 8.58. The molecule has 1 aliphatic heterocycles. The van der Waals surface area contributed by atoms with Crippen molar-refractivity contribution >= 4 is 16.6 Å². The highest BCUT2D eigenvalue weighted by molar-refractivity contribution is 5.96. The first-order chi connectivity index (χ1) is 17.0. The smallest absolute Gasteiger partial charge is 0.137 e. The van der Waals surface area contributed by atoms with Crippen LogP contribution in [0.3, 0.4) is 0 Å². The quantitative estimate of drug-likeness (QED) is 0.295. The minimum atomic E-state index is -0.248. The topological polar surface area (TPSA) is 33.4 Å². The van der Waals surface area contributed by atoms with E-state index in [0.717, 1.165) is 44.6 Å². The van der Waals surface area contributed by atoms with Crippen molar-refractivity contribution in [3.63, 3.8) is 0 Å². The molecule has 0 radical (unpaired) electrons. The largest absolute Gasteiger partial charge is 0.306 e. The molecule has 1 fully saturated rings. The van der Waals surface area contributed by atoms with E-state index in [9.17, 15) is 4.39 Å². The number of benzene rings is 2. The lowest BCUT2D eigenvalue weighted by atomic mass is 9.89. The Kier molecular flexibility index (Phi) is 5.37. The van der Waals surface area contributed by atoms with E-state index in [2.05, 4.69) is 63.9 Å². The highest BCUT2D eigenvalue weighted by atomic mass is 19.1. The van der Waals surface area contributed by atoms with Crippen LogP contribution in [0.2, 0.25) is 0 Å². The molecule has 3 aromatic heterocycles. The molecule has 4 heterocycles. The van der Waals surface area contributed by atoms with Gasteiger partial charge in [0.2, 0.25) is 0 Å². The number of piperidine rings is 1. The van der Waals surface area contributed by atoms with Gasteiger partial charge in [0.25, 0.3) is 0 Å². The lowest BCUT2D eigenvalue weighted by molar-refractivity contribution is 0.255. The fourth-order valence-corrected chi connectivity index (χ4v) is 5.45. The Labute approximate surface area is 205 Å². The van der Waals surface area contributed by atoms with Crippen molar-refractivity contribution in [2.45, 2.75) is 32.6 Å². The highest BCUT2D eigenvalue weighted by Gasteiger charge is 2.18. The van der Waals surface area contributed by atoms with Gasteiger partial charge in [0.1, 0.15) is 11.5 Å². The van der Waals surface area contributed by atoms with Gasteiger partial charge in [0.15, 0.2) is 0 Å². The summed E-state index contributed by atoms with van der Waals surface area (Å²) in [4.78, 5) is 11.8. The minimum Gasteiger partial charge on any atom is -0.306 e. The van der Waals surface area contributed by atoms with Crippen LogP contribution < -0.4 is 0 Å². The van der Waals surface area contributed by atoms with E-state index >= 15 is 0 Å². The first-order valence-corrected chi connectivity index (χ1v) is 12.3. The van der Waals surface area contributed by atoms with Crippen molar-refractivity contribution in [2.24, 2.45) is 0 Å². The number of pyridine rings is 2. The van der Waals surface area contributed by atoms with E-state index in [1.807, 2.05) is 26.1 Å². The summed E-state index contributed by atoms with van der Waals surface area (Å²) in [6, 6.07) is 18.4. The van der Waals surface area contributed by atoms with Gasteiger partial charge >= 0.3 is 0 Å². The number of fused-ring (bicyclic) bond motifs is 2. The molecular weight excluding hydrogens is 435 g/mol. The molecular formula is C30H29FN4. The summed E-state index contributed by atoms with van der Waals surface area (Å²) in [5.41, 5.74) is 9.09. The summed E-state index contributed by atoms with van der Waals surface area (Å²) in [5, 5.41) is 0.809. The van der Waals surface area contributed by atoms with Crippen LogP contribution in [0.4, 0.5) is 4.39 Å². The SMILES string of the molecule is Cc1cc(-c2cnc3cc(-c4ccc(C5CCN(C)CC5)cc4)ccn23)c2cc(F)cc(C)c2n1. The van der Waals surface area contributed by atoms with E-state index in [-0.39, 0.29) is 5.82 Å². The molecule has 1 aliphatic rings. The van der Waals surface area contributed by atoms with Crippen LogP contribution in [-0.2, 0) is 0 Å². The Hall–Kier alpha value is -3.57. The third kappa shape index (κ3) is 4.00. The number of aryl methyl sites for hydroxylation is 2. The molecule has 176 valence electrons. The van der Waals surface area contributed by atoms with Crippen molar-refractivity contribution in [1.29, 1.82) is 0 Å². The number of imidazole rings is 1. The van der Waals surface area contributed by atoms with Gasteiger partial charge in [0, 0.05) is 22.8 Å². The number of halogens is 1. The molecule has 0 N–H and O–H groups in total. The zero-order valence-electron chi connectivity index (χ0n) is 20.4. The Balaban J connectivity index is 1.36. The molecule has 2 aromatic carbocycles. The van der Waals surface area contributed by atoms with Crippen LogP contribution in [0.15, 0.2) is 67.0 Å². The van der Waals surface area contributed by atoms with Crippen LogP contribution >= 0.6 is 0 Å². The number of hydrogen-bond acceptors (Lipinski definition) is 3. The highest BCUT2D eigenvalue weighted by Crippen LogP contribution is 2.33. The second-order valence-electron chi connectivity index (χ2n) is 9.92. The molecule has 0 unspecified atom stereocenters. The molecule has 4 nitrogen and oxygen atoms in total. The Morgan fingerprint density at radius 1 is 0.914 bits per heavy atom. The fraction of sp³-hybridized carbons (Fsp3) is 0.267. The van der Waals surface area contributed by atoms with Crippen LogP contribution in [-0.4, -0.2) is 39.4 Å². The van der Waals surface area contributed by atoms with E-state index in [1.165, 1.54) is 43.1 Å². The molecule has 0 saturated carbocycles. The number of rotatable bonds is 3. The van der Waals surface area contributed by atoms with Gasteiger partial charge in [-0.3, -0.25) is 9.38 Å². The van der Waals surface area contributed by atoms with Crippen LogP contribution in [0.5, 0.6) is 0 Å². The average Bonchev–Trinajstić information content (AvgIpc) is 3.28. The van der Waals surface area contributed by atoms with Gasteiger partial charge in [-0.15, -0.1) is 0 Å². The van der Waals surface area contributed by atoms with Crippen molar-refractivity contribution in [1.82, 2.24) is 19.3 Å². The standard InChI is InChI=1S/C30H29FN4/c1-19-14-25(31)17-27-26(15-20(2)33-30(19)27)28-18-32-29-16-24(10-13-35(28)29)22-6-4-21(5-7-22)23-8-11-34(3)12-9-23/h4-7,10,13-18,23H,8-9,11-12H2,1-3H3. The summed E-state index contributed by atoms with van der Waals surface area (Å²) < 4.78 is 16.4. The zero-order valence-corrected chi connectivity index (χ0v) is 20.4. The van der Waals surface area contributed by atoms with Gasteiger partial charge < -0.3 is 4.90 Å². The summed E-state index contributed by atoms with van der Waals surface area (Å²) >= 11 is 0. The second-order valence-corrected chi connectivity index (χ2v) is 9.92. The molecule has 0 bridgehead atoms. The van der Waals surface area contributed by atoms with Gasteiger partial charge in [0.05, 0.1) is 17.4 Å². The molecule has 5 heteroatoms. The predicted octanol–water partition coefficient (Wildman–Crippen LogP) is 6.78. The lowest BCUT2D eigenvalue weighted by Crippen LogP contribution is -2.29. The summed E-state index contributed by atoms with van der Waals surface area (Å²) in [6.45, 7) is 6.22. The van der Waals surface area contributed by atoms with Crippen molar-refractivity contribution in [2.75, 3.05) is 20.1 Å². The Morgan fingerprint density at radius 3 is 2.46 bits per heavy atom. The van der Waals surface area contributed by atoms with Crippen LogP contribution in [0.25, 0.3) is 38.9 Å². The van der Waals surface area contributed by atoms with E-state index < -0.39 is 0 Å². The van der Waals surface area contributed by atoms with Gasteiger partial charge in [-0.2, -0.15) is 0 Å². The number of hydrogen-bond donors (Lipinski definition) is 0. The molecule has 0 aliphatic carbocycles. The maximum Gasteiger partial charge on any atom is 0.137 e. The first kappa shape index (κ1) is 21.9. The van der Waals surface area contributed by atoms with E-state index in [0.29, 0.717) is 5.92 Å². The monoisotopic (exact) mass is 464 g/mol. The predicted molar refractivity (Wildman–Crippen MR) is 140 cm³/mol. The molecule has 0 spiro atoms. The number of nitrogens with zero attached hydrogens (tertiary/aromatic N) is 4. The third-order valence-electron chi connectivity index (χ3n) is 7.42. The van der Waals surface area contributed by atoms with E-state index in [4.69, 9.17) is 4.98 Å². The Morgan fingerprint density at radius 2 is 1.69 bits per heavy atom. The van der Waals surface area contributed by atoms with Gasteiger partial charge in [-0.25, -0.2) is 9.37 Å². The van der Waals surface area contributed by atoms with Crippen molar-refractivity contribution in [3.8, 4) is 22.4 Å². The van der Waals surface area contributed by atoms with Crippen LogP contribution in [0.1, 0.15) is 35.6 Å². The van der Waals surface area contributed by atoms with Crippen molar-refractivity contribution < 1.29 is 4.39 Å². The fourth-order valence-electron chi connectivity index (χ4n) is 5.45. The van der Waals surface area contributed by atoms with Gasteiger partial charge in [-0.05, 0) is 105 Å².